The van der Waals surface area contributed by atoms with Crippen molar-refractivity contribution in [1.29, 1.82) is 0 Å². The van der Waals surface area contributed by atoms with Crippen LogP contribution in [0, 0.1) is 29.6 Å². The van der Waals surface area contributed by atoms with E-state index < -0.39 is 0 Å². The van der Waals surface area contributed by atoms with Gasteiger partial charge in [0.05, 0.1) is 5.92 Å². The van der Waals surface area contributed by atoms with Crippen molar-refractivity contribution < 1.29 is 9.53 Å². The van der Waals surface area contributed by atoms with E-state index >= 15 is 0 Å². The Kier molecular flexibility index (Phi) is 5.49. The number of carbonyl (C=O) groups is 1. The van der Waals surface area contributed by atoms with Crippen molar-refractivity contribution in [2.75, 3.05) is 0 Å². The first-order valence-corrected chi connectivity index (χ1v) is 9.93. The summed E-state index contributed by atoms with van der Waals surface area (Å²) in [6, 6.07) is 0. The van der Waals surface area contributed by atoms with Crippen molar-refractivity contribution in [2.24, 2.45) is 29.6 Å². The molecule has 2 fully saturated rings. The van der Waals surface area contributed by atoms with Gasteiger partial charge in [-0.25, -0.2) is 0 Å². The molecule has 0 aliphatic heterocycles. The maximum atomic E-state index is 12.9. The molecule has 2 bridgehead atoms. The minimum absolute atomic E-state index is 0.108. The number of ether oxygens (including phenoxy) is 1. The fourth-order valence-corrected chi connectivity index (χ4v) is 5.09. The molecule has 0 saturated heterocycles. The summed E-state index contributed by atoms with van der Waals surface area (Å²) in [5, 5.41) is 0. The van der Waals surface area contributed by atoms with Crippen LogP contribution < -0.4 is 0 Å². The second-order valence-electron chi connectivity index (χ2n) is 8.72. The summed E-state index contributed by atoms with van der Waals surface area (Å²) >= 11 is 0. The van der Waals surface area contributed by atoms with Crippen LogP contribution in [-0.4, -0.2) is 12.1 Å². The first-order chi connectivity index (χ1) is 11.0. The monoisotopic (exact) mass is 318 g/mol. The van der Waals surface area contributed by atoms with Crippen LogP contribution in [0.2, 0.25) is 0 Å². The van der Waals surface area contributed by atoms with Gasteiger partial charge in [-0.15, -0.1) is 0 Å². The lowest BCUT2D eigenvalue weighted by atomic mass is 9.75. The Morgan fingerprint density at radius 1 is 1.22 bits per heavy atom. The van der Waals surface area contributed by atoms with Crippen LogP contribution in [0.3, 0.4) is 0 Å². The number of carbonyl (C=O) groups excluding carboxylic acids is 1. The fraction of sp³-hybridized carbons (Fsp3) is 0.857. The van der Waals surface area contributed by atoms with E-state index in [-0.39, 0.29) is 18.0 Å². The smallest absolute Gasteiger partial charge is 0.309 e. The van der Waals surface area contributed by atoms with Gasteiger partial charge < -0.3 is 4.74 Å². The quantitative estimate of drug-likeness (QED) is 0.506. The van der Waals surface area contributed by atoms with Crippen LogP contribution in [0.5, 0.6) is 0 Å². The Balaban J connectivity index is 1.65. The summed E-state index contributed by atoms with van der Waals surface area (Å²) in [5.74, 6) is 2.64. The maximum Gasteiger partial charge on any atom is 0.309 e. The largest absolute Gasteiger partial charge is 0.462 e. The second-order valence-corrected chi connectivity index (χ2v) is 8.72. The van der Waals surface area contributed by atoms with E-state index in [2.05, 4.69) is 26.8 Å². The van der Waals surface area contributed by atoms with E-state index in [0.29, 0.717) is 23.7 Å². The Hall–Kier alpha value is -0.790. The van der Waals surface area contributed by atoms with Gasteiger partial charge in [0.15, 0.2) is 0 Å². The summed E-state index contributed by atoms with van der Waals surface area (Å²) in [5.41, 5.74) is 1.60. The summed E-state index contributed by atoms with van der Waals surface area (Å²) < 4.78 is 6.14. The lowest BCUT2D eigenvalue weighted by Gasteiger charge is -2.38. The molecule has 0 aromatic carbocycles. The molecule has 23 heavy (non-hydrogen) atoms. The van der Waals surface area contributed by atoms with E-state index in [9.17, 15) is 4.79 Å². The van der Waals surface area contributed by atoms with Crippen molar-refractivity contribution in [3.8, 4) is 0 Å². The van der Waals surface area contributed by atoms with Crippen molar-refractivity contribution in [3.05, 3.63) is 11.6 Å². The van der Waals surface area contributed by atoms with Crippen LogP contribution in [0.1, 0.15) is 78.6 Å². The van der Waals surface area contributed by atoms with Crippen LogP contribution in [0.15, 0.2) is 11.6 Å². The molecule has 0 aromatic heterocycles. The Morgan fingerprint density at radius 3 is 2.83 bits per heavy atom. The van der Waals surface area contributed by atoms with Crippen molar-refractivity contribution in [1.82, 2.24) is 0 Å². The molecule has 3 unspecified atom stereocenters. The highest BCUT2D eigenvalue weighted by Crippen LogP contribution is 2.41. The van der Waals surface area contributed by atoms with Crippen LogP contribution in [-0.2, 0) is 9.53 Å². The third-order valence-electron chi connectivity index (χ3n) is 6.61. The Labute approximate surface area is 142 Å². The molecule has 0 aromatic rings. The third-order valence-corrected chi connectivity index (χ3v) is 6.61. The Bertz CT molecular complexity index is 451. The molecule has 2 heteroatoms. The highest BCUT2D eigenvalue weighted by atomic mass is 16.5. The van der Waals surface area contributed by atoms with Gasteiger partial charge in [-0.05, 0) is 68.6 Å². The molecule has 3 aliphatic rings. The topological polar surface area (TPSA) is 26.3 Å². The lowest BCUT2D eigenvalue weighted by molar-refractivity contribution is -0.163. The number of fused-ring (bicyclic) bond motifs is 2. The SMILES string of the molecule is CC1CCC(C(C)C)C(OC(=O)[C@H]2CC=C3CCCC[C@H]2C3)C1. The van der Waals surface area contributed by atoms with Crippen LogP contribution in [0.4, 0.5) is 0 Å². The normalized spacial score (nSPS) is 37.9. The molecule has 0 N–H and O–H groups in total. The number of hydrogen-bond acceptors (Lipinski definition) is 2. The number of rotatable bonds is 3. The third kappa shape index (κ3) is 4.00. The second kappa shape index (κ2) is 7.40. The molecular formula is C21H34O2. The van der Waals surface area contributed by atoms with E-state index in [0.717, 1.165) is 19.3 Å². The molecule has 0 spiro atoms. The van der Waals surface area contributed by atoms with E-state index in [1.165, 1.54) is 38.5 Å². The highest BCUT2D eigenvalue weighted by Gasteiger charge is 2.38. The zero-order chi connectivity index (χ0) is 16.4. The predicted octanol–water partition coefficient (Wildman–Crippen LogP) is 5.52. The summed E-state index contributed by atoms with van der Waals surface area (Å²) in [4.78, 5) is 12.9. The van der Waals surface area contributed by atoms with E-state index in [4.69, 9.17) is 4.74 Å². The van der Waals surface area contributed by atoms with Gasteiger partial charge >= 0.3 is 5.97 Å². The first kappa shape index (κ1) is 17.0. The molecular weight excluding hydrogens is 284 g/mol. The van der Waals surface area contributed by atoms with Crippen molar-refractivity contribution in [3.63, 3.8) is 0 Å². The summed E-state index contributed by atoms with van der Waals surface area (Å²) in [6.45, 7) is 6.86. The van der Waals surface area contributed by atoms with Gasteiger partial charge in [0.2, 0.25) is 0 Å². The fourth-order valence-electron chi connectivity index (χ4n) is 5.09. The van der Waals surface area contributed by atoms with Gasteiger partial charge in [0.25, 0.3) is 0 Å². The number of hydrogen-bond donors (Lipinski definition) is 0. The zero-order valence-corrected chi connectivity index (χ0v) is 15.2. The first-order valence-electron chi connectivity index (χ1n) is 9.93. The molecule has 0 heterocycles. The van der Waals surface area contributed by atoms with E-state index in [1.807, 2.05) is 0 Å². The van der Waals surface area contributed by atoms with Crippen LogP contribution >= 0.6 is 0 Å². The summed E-state index contributed by atoms with van der Waals surface area (Å²) in [7, 11) is 0. The number of esters is 1. The molecule has 130 valence electrons. The van der Waals surface area contributed by atoms with Gasteiger partial charge in [-0.2, -0.15) is 0 Å². The molecule has 0 radical (unpaired) electrons. The van der Waals surface area contributed by atoms with Gasteiger partial charge in [0, 0.05) is 0 Å². The van der Waals surface area contributed by atoms with Gasteiger partial charge in [-0.3, -0.25) is 4.79 Å². The number of allylic oxidation sites excluding steroid dienone is 2. The molecule has 5 atom stereocenters. The molecule has 3 aliphatic carbocycles. The lowest BCUT2D eigenvalue weighted by Crippen LogP contribution is -2.39. The van der Waals surface area contributed by atoms with Crippen molar-refractivity contribution >= 4 is 5.97 Å². The standard InChI is InChI=1S/C21H34O2/c1-14(2)18-10-8-15(3)12-20(18)23-21(22)19-11-9-16-6-4-5-7-17(19)13-16/h9,14-15,17-20H,4-8,10-13H2,1-3H3/t15?,17-,18?,19-,20?/m0/s1. The van der Waals surface area contributed by atoms with Gasteiger partial charge in [0.1, 0.15) is 6.10 Å². The maximum absolute atomic E-state index is 12.9. The zero-order valence-electron chi connectivity index (χ0n) is 15.2. The molecule has 2 saturated carbocycles. The van der Waals surface area contributed by atoms with Crippen LogP contribution in [0.25, 0.3) is 0 Å². The van der Waals surface area contributed by atoms with Gasteiger partial charge in [-0.1, -0.05) is 45.3 Å². The molecule has 0 amide bonds. The summed E-state index contributed by atoms with van der Waals surface area (Å²) in [6.07, 6.45) is 13.2. The molecule has 3 rings (SSSR count). The highest BCUT2D eigenvalue weighted by molar-refractivity contribution is 5.73. The molecule has 2 nitrogen and oxygen atoms in total. The Morgan fingerprint density at radius 2 is 2.04 bits per heavy atom. The average molecular weight is 319 g/mol. The van der Waals surface area contributed by atoms with E-state index in [1.54, 1.807) is 5.57 Å². The minimum atomic E-state index is 0.108. The van der Waals surface area contributed by atoms with Crippen molar-refractivity contribution in [2.45, 2.75) is 84.7 Å². The predicted molar refractivity (Wildman–Crippen MR) is 94.0 cm³/mol. The minimum Gasteiger partial charge on any atom is -0.462 e. The average Bonchev–Trinajstić information content (AvgIpc) is 2.69.